The highest BCUT2D eigenvalue weighted by molar-refractivity contribution is 6.61. The molecule has 0 atom stereocenters. The Hall–Kier alpha value is -9.61. The molecule has 12 rings (SSSR count). The zero-order valence-corrected chi connectivity index (χ0v) is 61.7. The molecule has 4 aliphatic rings. The molecule has 0 spiro atoms. The summed E-state index contributed by atoms with van der Waals surface area (Å²) in [4.78, 5) is 45.0. The zero-order chi connectivity index (χ0) is 75.7. The first-order valence-corrected chi connectivity index (χ1v) is 35.0. The van der Waals surface area contributed by atoms with Crippen LogP contribution in [0.2, 0.25) is 0 Å². The van der Waals surface area contributed by atoms with Gasteiger partial charge < -0.3 is 90.7 Å². The van der Waals surface area contributed by atoms with Crippen LogP contribution in [0.15, 0.2) is 164 Å². The standard InChI is InChI=1S/C20H23NO5.C18H19NO5.C17H15ClO5.C13H17ClO5.C10H11ClO3/c1-3-23-18-12-15(6-9-17(18)19-24-10-11-25-19)13-26-20(22)21-16-7-4-14(2)5-8-16;1-12-2-5-14(6-3-12)19-18(21)24-11-13-4-7-15(16(20)10-13)17-22-8-9-23-17;1-2-20-15-9-11(10-21-17(18)19)7-8-12(15)16-22-13-5-3-4-6-14(13)23-16;1-4-18-11-7-9(8-19-13(14)15)5-6-10(11)12(16-2)17-3;11-6-7-1-2-8(9(12)5-7)10-13-3-4-14-10/h4-9,12,19H,3,10-11,13H2,1-2H3,(H,21,22);2-7,10,17,20H,8-9,11H2,1H3,(H,19,21);3-9,16H,2,10H2,1H3;5-7,12H,4,8H2,1-3H3;1-2,5,10,12H,3-4,6H2. The monoisotopic (exact) mass is 1520 g/mol. The predicted octanol–water partition coefficient (Wildman–Crippen LogP) is 17.5. The number of aryl methyl sites for hydroxylation is 2. The molecule has 566 valence electrons. The van der Waals surface area contributed by atoms with Crippen molar-refractivity contribution in [2.45, 2.75) is 98.4 Å². The fourth-order valence-electron chi connectivity index (χ4n) is 10.3. The second kappa shape index (κ2) is 43.1. The van der Waals surface area contributed by atoms with Crippen molar-refractivity contribution < 1.29 is 110 Å². The number of fused-ring (bicyclic) bond motifs is 1. The van der Waals surface area contributed by atoms with Crippen molar-refractivity contribution in [3.8, 4) is 40.2 Å². The third-order valence-corrected chi connectivity index (χ3v) is 15.9. The lowest BCUT2D eigenvalue weighted by Gasteiger charge is -2.18. The number of halogens is 3. The molecule has 0 aliphatic carbocycles. The quantitative estimate of drug-likeness (QED) is 0.0189. The number of rotatable bonds is 24. The first kappa shape index (κ1) is 82.1. The van der Waals surface area contributed by atoms with Crippen LogP contribution < -0.4 is 34.3 Å². The third-order valence-electron chi connectivity index (χ3n) is 15.4. The normalized spacial score (nSPS) is 13.8. The van der Waals surface area contributed by atoms with Crippen molar-refractivity contribution in [2.75, 3.05) is 84.3 Å². The maximum absolute atomic E-state index is 12.0. The van der Waals surface area contributed by atoms with E-state index in [9.17, 15) is 29.4 Å². The lowest BCUT2D eigenvalue weighted by atomic mass is 10.1. The Balaban J connectivity index is 0.000000169. The number of carbonyl (C=O) groups excluding carboxylic acids is 4. The van der Waals surface area contributed by atoms with Crippen molar-refractivity contribution in [1.82, 2.24) is 0 Å². The summed E-state index contributed by atoms with van der Waals surface area (Å²) < 4.78 is 91.2. The number of amides is 2. The van der Waals surface area contributed by atoms with Gasteiger partial charge in [-0.25, -0.2) is 19.2 Å². The summed E-state index contributed by atoms with van der Waals surface area (Å²) in [5, 5.41) is 25.1. The van der Waals surface area contributed by atoms with E-state index in [4.69, 9.17) is 115 Å². The van der Waals surface area contributed by atoms with Gasteiger partial charge in [0, 0.05) is 76.9 Å². The molecule has 25 nitrogen and oxygen atoms in total. The molecular formula is C78H85Cl3N2O23. The minimum atomic E-state index is -0.843. The van der Waals surface area contributed by atoms with Gasteiger partial charge >= 0.3 is 23.0 Å². The van der Waals surface area contributed by atoms with Gasteiger partial charge in [-0.3, -0.25) is 10.6 Å². The van der Waals surface area contributed by atoms with Crippen LogP contribution >= 0.6 is 34.8 Å². The van der Waals surface area contributed by atoms with Crippen LogP contribution in [0.1, 0.15) is 119 Å². The third kappa shape index (κ3) is 25.9. The highest BCUT2D eigenvalue weighted by atomic mass is 35.5. The van der Waals surface area contributed by atoms with Gasteiger partial charge in [0.25, 0.3) is 6.29 Å². The molecular weight excluding hydrogens is 1440 g/mol. The van der Waals surface area contributed by atoms with Gasteiger partial charge in [-0.1, -0.05) is 77.9 Å². The second-order valence-corrected chi connectivity index (χ2v) is 23.9. The molecule has 28 heteroatoms. The van der Waals surface area contributed by atoms with Crippen LogP contribution in [0.4, 0.5) is 30.6 Å². The van der Waals surface area contributed by atoms with Gasteiger partial charge in [0.05, 0.1) is 65.0 Å². The molecule has 0 aromatic heterocycles. The van der Waals surface area contributed by atoms with Gasteiger partial charge in [-0.2, -0.15) is 0 Å². The number of alkyl halides is 1. The summed E-state index contributed by atoms with van der Waals surface area (Å²) in [5.74, 6) is 3.93. The molecule has 0 saturated carbocycles. The minimum absolute atomic E-state index is 0.0535. The molecule has 4 N–H and O–H groups in total. The van der Waals surface area contributed by atoms with Crippen LogP contribution in [0.25, 0.3) is 0 Å². The van der Waals surface area contributed by atoms with Gasteiger partial charge in [0.1, 0.15) is 55.2 Å². The summed E-state index contributed by atoms with van der Waals surface area (Å²) in [6, 6.07) is 49.1. The smallest absolute Gasteiger partial charge is 0.411 e. The number of benzene rings is 8. The lowest BCUT2D eigenvalue weighted by Crippen LogP contribution is -2.13. The molecule has 0 unspecified atom stereocenters. The number of methoxy groups -OCH3 is 2. The number of nitrogens with one attached hydrogen (secondary N) is 2. The van der Waals surface area contributed by atoms with E-state index in [1.807, 2.05) is 132 Å². The summed E-state index contributed by atoms with van der Waals surface area (Å²) in [6.45, 7) is 14.8. The zero-order valence-electron chi connectivity index (χ0n) is 59.5. The SMILES string of the molecule is CCOc1cc(COC(=O)Cl)ccc1C(OC)OC.CCOc1cc(COC(=O)Cl)ccc1C1Oc2ccccc2O1.CCOc1cc(COC(=O)Nc2ccc(C)cc2)ccc1C1OCCO1.Cc1ccc(NC(=O)OCc2ccc(C3OCCO3)c(O)c2)cc1.Oc1cc(CCl)ccc1C1OCCO1. The molecule has 4 aliphatic heterocycles. The Kier molecular flexibility index (Phi) is 33.4. The maximum atomic E-state index is 12.0. The summed E-state index contributed by atoms with van der Waals surface area (Å²) in [6.07, 6.45) is -3.51. The van der Waals surface area contributed by atoms with E-state index < -0.39 is 54.5 Å². The fraction of sp³-hybridized carbons (Fsp3) is 0.333. The summed E-state index contributed by atoms with van der Waals surface area (Å²) in [7, 11) is 3.10. The van der Waals surface area contributed by atoms with Crippen molar-refractivity contribution in [1.29, 1.82) is 0 Å². The number of hydrogen-bond donors (Lipinski definition) is 4. The molecule has 0 radical (unpaired) electrons. The van der Waals surface area contributed by atoms with Crippen molar-refractivity contribution in [2.24, 2.45) is 0 Å². The number of phenols is 2. The van der Waals surface area contributed by atoms with Crippen molar-refractivity contribution in [3.63, 3.8) is 0 Å². The molecule has 8 aromatic rings. The van der Waals surface area contributed by atoms with Crippen LogP contribution in [-0.4, -0.2) is 107 Å². The number of aromatic hydroxyl groups is 2. The number of phenolic OH excluding ortho intramolecular Hbond substituents is 2. The molecule has 2 amide bonds. The minimum Gasteiger partial charge on any atom is -0.507 e. The first-order chi connectivity index (χ1) is 51.4. The Morgan fingerprint density at radius 1 is 0.434 bits per heavy atom. The van der Waals surface area contributed by atoms with Crippen molar-refractivity contribution in [3.05, 3.63) is 231 Å². The molecule has 0 bridgehead atoms. The average molecular weight is 1520 g/mol. The topological polar surface area (TPSA) is 290 Å². The maximum Gasteiger partial charge on any atom is 0.411 e. The number of para-hydroxylation sites is 2. The van der Waals surface area contributed by atoms with E-state index in [0.717, 1.165) is 50.1 Å². The van der Waals surface area contributed by atoms with Gasteiger partial charge in [-0.05, 0) is 159 Å². The van der Waals surface area contributed by atoms with Crippen LogP contribution in [0.3, 0.4) is 0 Å². The largest absolute Gasteiger partial charge is 0.507 e. The van der Waals surface area contributed by atoms with Gasteiger partial charge in [0.2, 0.25) is 0 Å². The number of anilines is 2. The van der Waals surface area contributed by atoms with Crippen LogP contribution in [-0.2, 0) is 89.1 Å². The van der Waals surface area contributed by atoms with E-state index in [-0.39, 0.29) is 37.9 Å². The molecule has 8 aromatic carbocycles. The Morgan fingerprint density at radius 3 is 1.16 bits per heavy atom. The van der Waals surface area contributed by atoms with Gasteiger partial charge in [-0.15, -0.1) is 11.6 Å². The highest BCUT2D eigenvalue weighted by Crippen LogP contribution is 2.43. The number of ether oxygens (including phenoxy) is 17. The molecule has 3 saturated heterocycles. The molecule has 106 heavy (non-hydrogen) atoms. The van der Waals surface area contributed by atoms with Gasteiger partial charge in [0.15, 0.2) is 36.7 Å². The Bertz CT molecular complexity index is 4070. The lowest BCUT2D eigenvalue weighted by molar-refractivity contribution is -0.107. The first-order valence-electron chi connectivity index (χ1n) is 33.7. The summed E-state index contributed by atoms with van der Waals surface area (Å²) >= 11 is 15.9. The Labute approximate surface area is 629 Å². The van der Waals surface area contributed by atoms with Crippen LogP contribution in [0, 0.1) is 13.8 Å². The molecule has 4 heterocycles. The van der Waals surface area contributed by atoms with E-state index in [1.165, 1.54) is 0 Å². The van der Waals surface area contributed by atoms with E-state index in [0.29, 0.717) is 122 Å². The average Bonchev–Trinajstić information content (AvgIpc) is 1.32. The van der Waals surface area contributed by atoms with Crippen molar-refractivity contribution >= 4 is 69.2 Å². The van der Waals surface area contributed by atoms with Crippen LogP contribution in [0.5, 0.6) is 40.2 Å². The predicted molar refractivity (Wildman–Crippen MR) is 392 cm³/mol. The Morgan fingerprint density at radius 2 is 0.774 bits per heavy atom. The number of hydrogen-bond acceptors (Lipinski definition) is 23. The second-order valence-electron chi connectivity index (χ2n) is 23.1. The van der Waals surface area contributed by atoms with E-state index >= 15 is 0 Å². The highest BCUT2D eigenvalue weighted by Gasteiger charge is 2.30. The van der Waals surface area contributed by atoms with E-state index in [2.05, 4.69) is 10.6 Å². The number of carbonyl (C=O) groups is 4. The fourth-order valence-corrected chi connectivity index (χ4v) is 10.6. The van der Waals surface area contributed by atoms with E-state index in [1.54, 1.807) is 80.9 Å². The summed E-state index contributed by atoms with van der Waals surface area (Å²) in [5.41, 5.74) is 9.45. The molecule has 3 fully saturated rings.